The number of nitrogens with two attached hydrogens (primary N) is 1. The number of rotatable bonds is 7. The van der Waals surface area contributed by atoms with Gasteiger partial charge in [-0.2, -0.15) is 0 Å². The molecule has 0 saturated carbocycles. The van der Waals surface area contributed by atoms with Crippen LogP contribution in [0.5, 0.6) is 11.5 Å². The molecule has 39 heavy (non-hydrogen) atoms. The Bertz CT molecular complexity index is 1540. The molecule has 12 nitrogen and oxygen atoms in total. The lowest BCUT2D eigenvalue weighted by Gasteiger charge is -2.16. The van der Waals surface area contributed by atoms with Gasteiger partial charge in [0.1, 0.15) is 30.2 Å². The first-order valence-corrected chi connectivity index (χ1v) is 12.2. The van der Waals surface area contributed by atoms with E-state index in [0.717, 1.165) is 11.1 Å². The van der Waals surface area contributed by atoms with Crippen LogP contribution in [0.1, 0.15) is 33.3 Å². The zero-order chi connectivity index (χ0) is 27.7. The average molecular weight is 533 g/mol. The van der Waals surface area contributed by atoms with Crippen LogP contribution in [0.2, 0.25) is 0 Å². The Morgan fingerprint density at radius 3 is 2.64 bits per heavy atom. The Hall–Kier alpha value is -4.52. The summed E-state index contributed by atoms with van der Waals surface area (Å²) < 4.78 is 7.30. The fourth-order valence-electron chi connectivity index (χ4n) is 4.47. The summed E-state index contributed by atoms with van der Waals surface area (Å²) in [5, 5.41) is 44.2. The number of aromatic hydroxyl groups is 2. The molecule has 1 aliphatic heterocycles. The van der Waals surface area contributed by atoms with Gasteiger partial charge < -0.3 is 36.2 Å². The smallest absolute Gasteiger partial charge is 0.255 e. The first-order valence-electron chi connectivity index (χ1n) is 12.2. The highest BCUT2D eigenvalue weighted by Gasteiger charge is 2.43. The number of fused-ring (bicyclic) bond motifs is 1. The SMILES string of the molecule is Cc1ccc(Cc2cc(O)c(O)c(C(=O)NC/C=C/[C@H]3O[C@@H](n4cnc5c(N)ncnc54)[C@H](O)C3O)c2)cc1. The number of amides is 1. The molecule has 4 aromatic rings. The predicted octanol–water partition coefficient (Wildman–Crippen LogP) is 1.32. The normalized spacial score (nSPS) is 21.1. The third-order valence-electron chi connectivity index (χ3n) is 6.57. The Morgan fingerprint density at radius 2 is 1.87 bits per heavy atom. The number of phenolic OH excluding ortho intramolecular Hbond substituents is 2. The van der Waals surface area contributed by atoms with E-state index in [1.54, 1.807) is 6.08 Å². The maximum Gasteiger partial charge on any atom is 0.255 e. The molecule has 2 aromatic heterocycles. The Kier molecular flexibility index (Phi) is 7.15. The molecular weight excluding hydrogens is 504 g/mol. The molecule has 3 heterocycles. The van der Waals surface area contributed by atoms with Crippen molar-refractivity contribution in [3.05, 3.63) is 83.5 Å². The fraction of sp³-hybridized carbons (Fsp3) is 0.259. The number of nitrogens with one attached hydrogen (secondary N) is 1. The number of phenols is 2. The van der Waals surface area contributed by atoms with Gasteiger partial charge in [-0.05, 0) is 36.6 Å². The van der Waals surface area contributed by atoms with Gasteiger partial charge in [0.05, 0.1) is 11.9 Å². The lowest BCUT2D eigenvalue weighted by molar-refractivity contribution is -0.0245. The van der Waals surface area contributed by atoms with Crippen molar-refractivity contribution in [3.8, 4) is 11.5 Å². The Labute approximate surface area is 223 Å². The van der Waals surface area contributed by atoms with Crippen LogP contribution in [0.25, 0.3) is 11.2 Å². The summed E-state index contributed by atoms with van der Waals surface area (Å²) in [5.74, 6) is -1.31. The Balaban J connectivity index is 1.23. The molecule has 1 fully saturated rings. The minimum Gasteiger partial charge on any atom is -0.504 e. The first-order chi connectivity index (χ1) is 18.7. The molecule has 4 atom stereocenters. The summed E-state index contributed by atoms with van der Waals surface area (Å²) in [6.07, 6.45) is 1.83. The van der Waals surface area contributed by atoms with E-state index >= 15 is 0 Å². The summed E-state index contributed by atoms with van der Waals surface area (Å²) in [5.41, 5.74) is 9.23. The van der Waals surface area contributed by atoms with Crippen LogP contribution in [-0.4, -0.2) is 70.7 Å². The number of imidazole rings is 1. The van der Waals surface area contributed by atoms with Gasteiger partial charge in [0.25, 0.3) is 5.91 Å². The van der Waals surface area contributed by atoms with Crippen molar-refractivity contribution < 1.29 is 30.0 Å². The number of aliphatic hydroxyl groups excluding tert-OH is 2. The third kappa shape index (κ3) is 5.25. The van der Waals surface area contributed by atoms with Gasteiger partial charge >= 0.3 is 0 Å². The van der Waals surface area contributed by atoms with E-state index in [4.69, 9.17) is 10.5 Å². The van der Waals surface area contributed by atoms with E-state index in [9.17, 15) is 25.2 Å². The minimum atomic E-state index is -1.28. The number of ether oxygens (including phenoxy) is 1. The number of anilines is 1. The van der Waals surface area contributed by atoms with Crippen molar-refractivity contribution in [1.82, 2.24) is 24.8 Å². The molecule has 0 aliphatic carbocycles. The molecule has 12 heteroatoms. The number of nitrogens with zero attached hydrogens (tertiary/aromatic N) is 4. The van der Waals surface area contributed by atoms with E-state index in [1.807, 2.05) is 31.2 Å². The molecule has 1 amide bonds. The number of hydrogen-bond donors (Lipinski definition) is 6. The maximum atomic E-state index is 12.8. The second-order valence-electron chi connectivity index (χ2n) is 9.37. The van der Waals surface area contributed by atoms with Crippen LogP contribution in [0.4, 0.5) is 5.82 Å². The van der Waals surface area contributed by atoms with Gasteiger partial charge in [-0.25, -0.2) is 15.0 Å². The van der Waals surface area contributed by atoms with Crippen molar-refractivity contribution in [2.24, 2.45) is 0 Å². The summed E-state index contributed by atoms with van der Waals surface area (Å²) >= 11 is 0. The molecule has 1 saturated heterocycles. The molecule has 0 radical (unpaired) electrons. The van der Waals surface area contributed by atoms with Gasteiger partial charge in [-0.15, -0.1) is 0 Å². The third-order valence-corrected chi connectivity index (χ3v) is 6.57. The van der Waals surface area contributed by atoms with Crippen molar-refractivity contribution in [2.45, 2.75) is 37.9 Å². The minimum absolute atomic E-state index is 0.0341. The van der Waals surface area contributed by atoms with Gasteiger partial charge in [0.2, 0.25) is 0 Å². The van der Waals surface area contributed by atoms with Crippen LogP contribution >= 0.6 is 0 Å². The lowest BCUT2D eigenvalue weighted by Crippen LogP contribution is -2.31. The van der Waals surface area contributed by atoms with Crippen LogP contribution in [0, 0.1) is 6.92 Å². The number of carbonyl (C=O) groups excluding carboxylic acids is 1. The van der Waals surface area contributed by atoms with Crippen molar-refractivity contribution in [1.29, 1.82) is 0 Å². The number of hydrogen-bond acceptors (Lipinski definition) is 10. The summed E-state index contributed by atoms with van der Waals surface area (Å²) in [6.45, 7) is 2.02. The fourth-order valence-corrected chi connectivity index (χ4v) is 4.47. The second kappa shape index (κ2) is 10.7. The van der Waals surface area contributed by atoms with Crippen LogP contribution in [0.15, 0.2) is 61.2 Å². The van der Waals surface area contributed by atoms with E-state index in [1.165, 1.54) is 35.4 Å². The monoisotopic (exact) mass is 532 g/mol. The molecule has 7 N–H and O–H groups in total. The maximum absolute atomic E-state index is 12.8. The summed E-state index contributed by atoms with van der Waals surface area (Å²) in [4.78, 5) is 24.9. The zero-order valence-corrected chi connectivity index (χ0v) is 21.0. The summed E-state index contributed by atoms with van der Waals surface area (Å²) in [7, 11) is 0. The number of aryl methyl sites for hydroxylation is 1. The average Bonchev–Trinajstić information content (AvgIpc) is 3.47. The number of aliphatic hydroxyl groups is 2. The first kappa shape index (κ1) is 26.1. The number of benzene rings is 2. The topological polar surface area (TPSA) is 189 Å². The molecule has 2 aromatic carbocycles. The van der Waals surface area contributed by atoms with Gasteiger partial charge in [-0.1, -0.05) is 42.0 Å². The van der Waals surface area contributed by atoms with E-state index in [0.29, 0.717) is 23.1 Å². The van der Waals surface area contributed by atoms with E-state index in [-0.39, 0.29) is 23.7 Å². The standard InChI is InChI=1S/C27H28N6O6/c1-14-4-6-15(7-5-14)9-16-10-17(21(35)18(34)11-16)26(38)29-8-2-3-19-22(36)23(37)27(39-19)33-13-32-20-24(28)30-12-31-25(20)33/h2-7,10-13,19,22-23,27,34-37H,8-9H2,1H3,(H,29,38)(H2,28,30,31)/b3-2+/t19-,22?,23-,27-/m1/s1. The van der Waals surface area contributed by atoms with Crippen molar-refractivity contribution in [3.63, 3.8) is 0 Å². The van der Waals surface area contributed by atoms with E-state index < -0.39 is 36.2 Å². The second-order valence-corrected chi connectivity index (χ2v) is 9.37. The Morgan fingerprint density at radius 1 is 1.10 bits per heavy atom. The van der Waals surface area contributed by atoms with Crippen LogP contribution in [0.3, 0.4) is 0 Å². The van der Waals surface area contributed by atoms with Crippen LogP contribution < -0.4 is 11.1 Å². The predicted molar refractivity (Wildman–Crippen MR) is 141 cm³/mol. The van der Waals surface area contributed by atoms with Gasteiger partial charge in [0.15, 0.2) is 29.2 Å². The number of nitrogen functional groups attached to an aromatic ring is 1. The zero-order valence-electron chi connectivity index (χ0n) is 21.0. The largest absolute Gasteiger partial charge is 0.504 e. The highest BCUT2D eigenvalue weighted by molar-refractivity contribution is 5.98. The highest BCUT2D eigenvalue weighted by Crippen LogP contribution is 2.33. The summed E-state index contributed by atoms with van der Waals surface area (Å²) in [6, 6.07) is 10.8. The molecule has 5 rings (SSSR count). The molecule has 1 unspecified atom stereocenters. The molecule has 1 aliphatic rings. The molecule has 0 bridgehead atoms. The van der Waals surface area contributed by atoms with E-state index in [2.05, 4.69) is 20.3 Å². The number of carbonyl (C=O) groups is 1. The quantitative estimate of drug-likeness (QED) is 0.150. The highest BCUT2D eigenvalue weighted by atomic mass is 16.6. The van der Waals surface area contributed by atoms with Crippen molar-refractivity contribution >= 4 is 22.9 Å². The lowest BCUT2D eigenvalue weighted by atomic mass is 10.0. The molecular formula is C27H28N6O6. The van der Waals surface area contributed by atoms with Crippen LogP contribution in [-0.2, 0) is 11.2 Å². The van der Waals surface area contributed by atoms with Crippen molar-refractivity contribution in [2.75, 3.05) is 12.3 Å². The number of aromatic nitrogens is 4. The molecule has 0 spiro atoms. The van der Waals surface area contributed by atoms with Gasteiger partial charge in [-0.3, -0.25) is 9.36 Å². The molecule has 202 valence electrons. The van der Waals surface area contributed by atoms with Gasteiger partial charge in [0, 0.05) is 6.54 Å².